The van der Waals surface area contributed by atoms with Gasteiger partial charge in [-0.1, -0.05) is 122 Å². The van der Waals surface area contributed by atoms with Crippen molar-refractivity contribution in [1.29, 1.82) is 0 Å². The second-order valence-electron chi connectivity index (χ2n) is 17.6. The van der Waals surface area contributed by atoms with E-state index < -0.39 is 0 Å². The molecule has 0 saturated carbocycles. The summed E-state index contributed by atoms with van der Waals surface area (Å²) in [6.07, 6.45) is 0. The first-order valence-electron chi connectivity index (χ1n) is 21.5. The molecule has 10 aromatic rings. The van der Waals surface area contributed by atoms with Crippen LogP contribution < -0.4 is 65.6 Å². The van der Waals surface area contributed by atoms with Crippen molar-refractivity contribution in [1.82, 2.24) is 15.0 Å². The molecule has 16 heteroatoms. The molecule has 61 heavy (non-hydrogen) atoms. The second-order valence-corrected chi connectivity index (χ2v) is 17.6. The number of aromatic nitrogens is 3. The molecule has 0 spiro atoms. The van der Waals surface area contributed by atoms with Gasteiger partial charge in [-0.05, 0) is 61.6 Å². The summed E-state index contributed by atoms with van der Waals surface area (Å²) in [7, 11) is 26.9. The Hall–Kier alpha value is -5.87. The van der Waals surface area contributed by atoms with Crippen LogP contribution in [0, 0.1) is 0 Å². The lowest BCUT2D eigenvalue weighted by atomic mass is 9.60. The fourth-order valence-corrected chi connectivity index (χ4v) is 10.3. The summed E-state index contributed by atoms with van der Waals surface area (Å²) in [6.45, 7) is 0. The third-order valence-corrected chi connectivity index (χ3v) is 14.2. The van der Waals surface area contributed by atoms with Crippen LogP contribution in [0.5, 0.6) is 0 Å². The molecule has 0 aliphatic carbocycles. The highest BCUT2D eigenvalue weighted by Crippen LogP contribution is 2.39. The Morgan fingerprint density at radius 3 is 1.61 bits per heavy atom. The van der Waals surface area contributed by atoms with E-state index in [4.69, 9.17) is 19.4 Å². The van der Waals surface area contributed by atoms with Crippen molar-refractivity contribution in [2.45, 2.75) is 0 Å². The summed E-state index contributed by atoms with van der Waals surface area (Å²) in [4.78, 5) is 15.5. The maximum atomic E-state index is 6.79. The molecule has 4 nitrogen and oxygen atoms in total. The van der Waals surface area contributed by atoms with Crippen molar-refractivity contribution in [3.8, 4) is 45.3 Å². The van der Waals surface area contributed by atoms with E-state index in [1.165, 1.54) is 109 Å². The molecule has 0 N–H and O–H groups in total. The van der Waals surface area contributed by atoms with E-state index in [0.29, 0.717) is 17.5 Å². The standard InChI is InChI=1S/C45H39B12N3O/c46-23-12-20-21(13-24(23)47)32-34(26(49)15-27(50)36(32)51)33-22(20)14-25(48)31(37(33)52)19-7-4-8-28-30(19)18-10-9-17(11-29(18)61-28)44-58-43(16-5-2-1-3-6-16)59-45(60-44)35-38(53)40(55)42(57)41(56)39(35)54/h1-15H,46-57H2. The third kappa shape index (κ3) is 5.96. The first kappa shape index (κ1) is 39.3. The van der Waals surface area contributed by atoms with Gasteiger partial charge in [0.15, 0.2) is 17.5 Å². The molecular weight excluding hydrogens is 728 g/mol. The molecule has 0 fully saturated rings. The maximum absolute atomic E-state index is 6.79. The minimum absolute atomic E-state index is 0.618. The molecule has 0 saturated heterocycles. The van der Waals surface area contributed by atoms with E-state index in [1.54, 1.807) is 0 Å². The van der Waals surface area contributed by atoms with Crippen molar-refractivity contribution in [2.24, 2.45) is 0 Å². The molecule has 0 bridgehead atoms. The van der Waals surface area contributed by atoms with Gasteiger partial charge < -0.3 is 4.42 Å². The maximum Gasteiger partial charge on any atom is 0.164 e. The van der Waals surface area contributed by atoms with Crippen LogP contribution in [-0.2, 0) is 0 Å². The first-order chi connectivity index (χ1) is 29.2. The molecule has 10 rings (SSSR count). The summed E-state index contributed by atoms with van der Waals surface area (Å²) in [6, 6.07) is 32.8. The second kappa shape index (κ2) is 14.4. The lowest BCUT2D eigenvalue weighted by Crippen LogP contribution is -2.55. The highest BCUT2D eigenvalue weighted by Gasteiger charge is 2.23. The molecular formula is C45H39B12N3O. The predicted molar refractivity (Wildman–Crippen MR) is 300 cm³/mol. The van der Waals surface area contributed by atoms with Gasteiger partial charge >= 0.3 is 0 Å². The summed E-state index contributed by atoms with van der Waals surface area (Å²) < 4.78 is 6.79. The van der Waals surface area contributed by atoms with Gasteiger partial charge in [-0.2, -0.15) is 0 Å². The van der Waals surface area contributed by atoms with Crippen LogP contribution in [0.15, 0.2) is 95.4 Å². The summed E-state index contributed by atoms with van der Waals surface area (Å²) >= 11 is 0. The van der Waals surface area contributed by atoms with Crippen LogP contribution in [0.25, 0.3) is 99.5 Å². The van der Waals surface area contributed by atoms with E-state index in [9.17, 15) is 0 Å². The third-order valence-electron chi connectivity index (χ3n) is 14.2. The van der Waals surface area contributed by atoms with Crippen LogP contribution in [0.1, 0.15) is 0 Å². The van der Waals surface area contributed by atoms with Crippen molar-refractivity contribution < 1.29 is 4.42 Å². The Kier molecular flexibility index (Phi) is 9.25. The van der Waals surface area contributed by atoms with Crippen LogP contribution in [0.3, 0.4) is 0 Å². The van der Waals surface area contributed by atoms with Gasteiger partial charge in [-0.25, -0.2) is 15.0 Å². The zero-order valence-electron chi connectivity index (χ0n) is 37.4. The largest absolute Gasteiger partial charge is 0.456 e. The van der Waals surface area contributed by atoms with Crippen molar-refractivity contribution in [3.05, 3.63) is 91.0 Å². The first-order valence-corrected chi connectivity index (χ1v) is 21.5. The average Bonchev–Trinajstić information content (AvgIpc) is 3.63. The zero-order valence-corrected chi connectivity index (χ0v) is 37.4. The van der Waals surface area contributed by atoms with E-state index >= 15 is 0 Å². The van der Waals surface area contributed by atoms with E-state index in [2.05, 4.69) is 167 Å². The molecule has 2 aromatic heterocycles. The van der Waals surface area contributed by atoms with Gasteiger partial charge in [0.2, 0.25) is 0 Å². The molecule has 0 unspecified atom stereocenters. The Morgan fingerprint density at radius 2 is 0.918 bits per heavy atom. The summed E-state index contributed by atoms with van der Waals surface area (Å²) in [5, 5.41) is 10.2. The molecule has 2 heterocycles. The number of rotatable bonds is 4. The minimum atomic E-state index is 0.618. The molecule has 0 aliphatic rings. The van der Waals surface area contributed by atoms with Gasteiger partial charge in [-0.3, -0.25) is 0 Å². The molecule has 276 valence electrons. The number of benzene rings is 8. The van der Waals surface area contributed by atoms with Crippen molar-refractivity contribution in [3.63, 3.8) is 0 Å². The summed E-state index contributed by atoms with van der Waals surface area (Å²) in [5.41, 5.74) is 22.4. The number of fused-ring (bicyclic) bond motifs is 9. The van der Waals surface area contributed by atoms with Gasteiger partial charge in [0, 0.05) is 27.5 Å². The fourth-order valence-electron chi connectivity index (χ4n) is 10.3. The number of hydrogen-bond donors (Lipinski definition) is 0. The van der Waals surface area contributed by atoms with Crippen LogP contribution >= 0.6 is 0 Å². The van der Waals surface area contributed by atoms with Gasteiger partial charge in [0.1, 0.15) is 105 Å². The van der Waals surface area contributed by atoms with Gasteiger partial charge in [0.25, 0.3) is 0 Å². The Morgan fingerprint density at radius 1 is 0.328 bits per heavy atom. The van der Waals surface area contributed by atoms with Crippen molar-refractivity contribution in [2.75, 3.05) is 0 Å². The number of hydrogen-bond acceptors (Lipinski definition) is 4. The Bertz CT molecular complexity index is 3550. The topological polar surface area (TPSA) is 51.8 Å². The zero-order chi connectivity index (χ0) is 42.8. The van der Waals surface area contributed by atoms with Crippen molar-refractivity contribution >= 4 is 214 Å². The molecule has 0 amide bonds. The van der Waals surface area contributed by atoms with Crippen LogP contribution in [-0.4, -0.2) is 109 Å². The smallest absolute Gasteiger partial charge is 0.164 e. The van der Waals surface area contributed by atoms with Gasteiger partial charge in [0.05, 0.1) is 0 Å². The van der Waals surface area contributed by atoms with Crippen LogP contribution in [0.2, 0.25) is 0 Å². The minimum Gasteiger partial charge on any atom is -0.456 e. The number of furan rings is 1. The molecule has 0 atom stereocenters. The van der Waals surface area contributed by atoms with E-state index in [0.717, 1.165) is 38.6 Å². The predicted octanol–water partition coefficient (Wildman–Crippen LogP) is -9.00. The van der Waals surface area contributed by atoms with Gasteiger partial charge in [-0.15, -0.1) is 16.4 Å². The summed E-state index contributed by atoms with van der Waals surface area (Å²) in [5.74, 6) is 1.95. The SMILES string of the molecule is Bc1cc2c(cc1B)c1c(B)c(B)cc(B)c1c1c(B)c(-c3cccc4oc5cc(-c6nc(-c7ccccc7)nc(-c7c(B)c(B)c(B)c(B)c7B)n6)ccc5c34)c(B)cc21. The highest BCUT2D eigenvalue weighted by molar-refractivity contribution is 6.69. The average molecular weight is 768 g/mol. The lowest BCUT2D eigenvalue weighted by molar-refractivity contribution is 0.669. The van der Waals surface area contributed by atoms with E-state index in [1.807, 2.05) is 18.2 Å². The van der Waals surface area contributed by atoms with Crippen LogP contribution in [0.4, 0.5) is 0 Å². The normalized spacial score (nSPS) is 11.7. The highest BCUT2D eigenvalue weighted by atomic mass is 16.3. The monoisotopic (exact) mass is 769 g/mol. The number of nitrogens with zero attached hydrogens (tertiary/aromatic N) is 3. The molecule has 8 aromatic carbocycles. The Labute approximate surface area is 367 Å². The van der Waals surface area contributed by atoms with E-state index in [-0.39, 0.29) is 0 Å². The lowest BCUT2D eigenvalue weighted by Gasteiger charge is -2.22. The fraction of sp³-hybridized carbons (Fsp3) is 0. The Balaban J connectivity index is 1.21. The quantitative estimate of drug-likeness (QED) is 0.132. The molecule has 0 aliphatic heterocycles. The molecule has 0 radical (unpaired) electrons.